The van der Waals surface area contributed by atoms with Crippen LogP contribution in [0.1, 0.15) is 70.6 Å². The molecule has 0 aliphatic carbocycles. The molecule has 1 N–H and O–H groups in total. The molecular formula is C16H28O3. The Hall–Kier alpha value is -0.830. The summed E-state index contributed by atoms with van der Waals surface area (Å²) in [5, 5.41) is 9.73. The molecule has 19 heavy (non-hydrogen) atoms. The molecule has 0 aromatic heterocycles. The Morgan fingerprint density at radius 3 is 2.58 bits per heavy atom. The van der Waals surface area contributed by atoms with E-state index in [2.05, 4.69) is 6.08 Å². The molecule has 0 radical (unpaired) electrons. The first-order chi connectivity index (χ1) is 9.29. The van der Waals surface area contributed by atoms with Gasteiger partial charge in [0.25, 0.3) is 0 Å². The van der Waals surface area contributed by atoms with E-state index in [0.717, 1.165) is 38.5 Å². The zero-order chi connectivity index (χ0) is 13.8. The Morgan fingerprint density at radius 2 is 1.74 bits per heavy atom. The van der Waals surface area contributed by atoms with E-state index in [4.69, 9.17) is 4.74 Å². The Balaban J connectivity index is 2.26. The van der Waals surface area contributed by atoms with Gasteiger partial charge < -0.3 is 9.84 Å². The SMILES string of the molecule is O=C1CCCC[C@H](O)/C=C/CCCCCCCCO1. The predicted molar refractivity (Wildman–Crippen MR) is 76.9 cm³/mol. The topological polar surface area (TPSA) is 46.5 Å². The van der Waals surface area contributed by atoms with Gasteiger partial charge in [0.1, 0.15) is 0 Å². The number of cyclic esters (lactones) is 1. The third kappa shape index (κ3) is 9.71. The monoisotopic (exact) mass is 268 g/mol. The summed E-state index contributed by atoms with van der Waals surface area (Å²) in [5.41, 5.74) is 0. The molecule has 0 spiro atoms. The van der Waals surface area contributed by atoms with Gasteiger partial charge in [0.05, 0.1) is 12.7 Å². The van der Waals surface area contributed by atoms with Crippen molar-refractivity contribution in [1.29, 1.82) is 0 Å². The van der Waals surface area contributed by atoms with Gasteiger partial charge >= 0.3 is 5.97 Å². The van der Waals surface area contributed by atoms with Crippen LogP contribution in [0.3, 0.4) is 0 Å². The maximum Gasteiger partial charge on any atom is 0.305 e. The van der Waals surface area contributed by atoms with Crippen LogP contribution in [-0.2, 0) is 9.53 Å². The van der Waals surface area contributed by atoms with Crippen molar-refractivity contribution in [3.63, 3.8) is 0 Å². The van der Waals surface area contributed by atoms with E-state index in [1.165, 1.54) is 25.7 Å². The molecular weight excluding hydrogens is 240 g/mol. The third-order valence-corrected chi connectivity index (χ3v) is 3.52. The first-order valence-corrected chi connectivity index (χ1v) is 7.79. The summed E-state index contributed by atoms with van der Waals surface area (Å²) < 4.78 is 5.18. The van der Waals surface area contributed by atoms with Crippen LogP contribution >= 0.6 is 0 Å². The Morgan fingerprint density at radius 1 is 1.00 bits per heavy atom. The Kier molecular flexibility index (Phi) is 9.42. The number of hydrogen-bond donors (Lipinski definition) is 1. The first kappa shape index (κ1) is 16.2. The highest BCUT2D eigenvalue weighted by atomic mass is 16.5. The van der Waals surface area contributed by atoms with Gasteiger partial charge in [-0.25, -0.2) is 0 Å². The number of allylic oxidation sites excluding steroid dienone is 1. The van der Waals surface area contributed by atoms with Gasteiger partial charge in [-0.15, -0.1) is 0 Å². The lowest BCUT2D eigenvalue weighted by Gasteiger charge is -2.06. The Bertz CT molecular complexity index is 261. The van der Waals surface area contributed by atoms with Gasteiger partial charge in [0.2, 0.25) is 0 Å². The average Bonchev–Trinajstić information content (AvgIpc) is 2.40. The van der Waals surface area contributed by atoms with Gasteiger partial charge in [-0.2, -0.15) is 0 Å². The van der Waals surface area contributed by atoms with Crippen LogP contribution in [0, 0.1) is 0 Å². The van der Waals surface area contributed by atoms with Crippen molar-refractivity contribution in [2.45, 2.75) is 76.7 Å². The molecule has 0 bridgehead atoms. The molecule has 0 aromatic carbocycles. The minimum absolute atomic E-state index is 0.0886. The molecule has 0 aromatic rings. The van der Waals surface area contributed by atoms with Gasteiger partial charge in [0.15, 0.2) is 0 Å². The molecule has 1 rings (SSSR count). The van der Waals surface area contributed by atoms with Crippen molar-refractivity contribution in [2.24, 2.45) is 0 Å². The molecule has 0 unspecified atom stereocenters. The number of aliphatic hydroxyl groups is 1. The van der Waals surface area contributed by atoms with Crippen LogP contribution in [0.25, 0.3) is 0 Å². The fraction of sp³-hybridized carbons (Fsp3) is 0.812. The molecule has 0 amide bonds. The van der Waals surface area contributed by atoms with E-state index in [1.54, 1.807) is 0 Å². The van der Waals surface area contributed by atoms with E-state index in [1.807, 2.05) is 6.08 Å². The number of rotatable bonds is 0. The summed E-state index contributed by atoms with van der Waals surface area (Å²) in [7, 11) is 0. The summed E-state index contributed by atoms with van der Waals surface area (Å²) in [5.74, 6) is -0.0886. The molecule has 1 atom stereocenters. The fourth-order valence-electron chi connectivity index (χ4n) is 2.30. The lowest BCUT2D eigenvalue weighted by molar-refractivity contribution is -0.143. The average molecular weight is 268 g/mol. The van der Waals surface area contributed by atoms with Crippen molar-refractivity contribution in [1.82, 2.24) is 0 Å². The molecule has 0 fully saturated rings. The summed E-state index contributed by atoms with van der Waals surface area (Å²) in [6.07, 6.45) is 14.7. The lowest BCUT2D eigenvalue weighted by Crippen LogP contribution is -2.07. The highest BCUT2D eigenvalue weighted by molar-refractivity contribution is 5.69. The quantitative estimate of drug-likeness (QED) is 0.537. The molecule has 1 aliphatic rings. The third-order valence-electron chi connectivity index (χ3n) is 3.52. The van der Waals surface area contributed by atoms with Crippen LogP contribution in [0.15, 0.2) is 12.2 Å². The maximum atomic E-state index is 11.4. The summed E-state index contributed by atoms with van der Waals surface area (Å²) >= 11 is 0. The van der Waals surface area contributed by atoms with Crippen LogP contribution < -0.4 is 0 Å². The van der Waals surface area contributed by atoms with Crippen LogP contribution in [0.4, 0.5) is 0 Å². The Labute approximate surface area is 117 Å². The van der Waals surface area contributed by atoms with Crippen molar-refractivity contribution in [3.05, 3.63) is 12.2 Å². The number of carbonyl (C=O) groups is 1. The minimum Gasteiger partial charge on any atom is -0.466 e. The van der Waals surface area contributed by atoms with E-state index in [0.29, 0.717) is 13.0 Å². The highest BCUT2D eigenvalue weighted by Crippen LogP contribution is 2.10. The predicted octanol–water partition coefficient (Wildman–Crippen LogP) is 3.75. The second-order valence-electron chi connectivity index (χ2n) is 5.37. The molecule has 3 heteroatoms. The number of aliphatic hydroxyl groups excluding tert-OH is 1. The molecule has 0 saturated heterocycles. The molecule has 110 valence electrons. The second kappa shape index (κ2) is 11.0. The van der Waals surface area contributed by atoms with Gasteiger partial charge in [-0.3, -0.25) is 4.79 Å². The van der Waals surface area contributed by atoms with E-state index >= 15 is 0 Å². The number of hydrogen-bond acceptors (Lipinski definition) is 3. The van der Waals surface area contributed by atoms with Crippen LogP contribution in [0.2, 0.25) is 0 Å². The maximum absolute atomic E-state index is 11.4. The summed E-state index contributed by atoms with van der Waals surface area (Å²) in [4.78, 5) is 11.4. The number of carbonyl (C=O) groups excluding carboxylic acids is 1. The zero-order valence-corrected chi connectivity index (χ0v) is 12.0. The smallest absolute Gasteiger partial charge is 0.305 e. The van der Waals surface area contributed by atoms with Crippen LogP contribution in [0.5, 0.6) is 0 Å². The summed E-state index contributed by atoms with van der Waals surface area (Å²) in [6.45, 7) is 0.572. The standard InChI is InChI=1S/C16H28O3/c17-15-11-7-5-3-1-2-4-6-10-14-19-16(18)13-9-8-12-15/h7,11,15,17H,1-6,8-10,12-14H2/b11-7+/t15-/m1/s1. The largest absolute Gasteiger partial charge is 0.466 e. The highest BCUT2D eigenvalue weighted by Gasteiger charge is 2.04. The van der Waals surface area contributed by atoms with Gasteiger partial charge in [0, 0.05) is 6.42 Å². The van der Waals surface area contributed by atoms with Gasteiger partial charge in [-0.1, -0.05) is 37.8 Å². The molecule has 1 aliphatic heterocycles. The fourth-order valence-corrected chi connectivity index (χ4v) is 2.30. The number of ether oxygens (including phenoxy) is 1. The summed E-state index contributed by atoms with van der Waals surface area (Å²) in [6, 6.07) is 0. The molecule has 1 heterocycles. The van der Waals surface area contributed by atoms with Crippen LogP contribution in [-0.4, -0.2) is 23.8 Å². The molecule has 3 nitrogen and oxygen atoms in total. The zero-order valence-electron chi connectivity index (χ0n) is 12.0. The van der Waals surface area contributed by atoms with E-state index in [9.17, 15) is 9.90 Å². The second-order valence-corrected chi connectivity index (χ2v) is 5.37. The minimum atomic E-state index is -0.355. The first-order valence-electron chi connectivity index (χ1n) is 7.79. The van der Waals surface area contributed by atoms with E-state index < -0.39 is 0 Å². The van der Waals surface area contributed by atoms with Crippen molar-refractivity contribution < 1.29 is 14.6 Å². The molecule has 0 saturated carbocycles. The van der Waals surface area contributed by atoms with Gasteiger partial charge in [-0.05, 0) is 38.5 Å². The van der Waals surface area contributed by atoms with Crippen molar-refractivity contribution in [3.8, 4) is 0 Å². The number of esters is 1. The normalized spacial score (nSPS) is 27.2. The van der Waals surface area contributed by atoms with Crippen molar-refractivity contribution in [2.75, 3.05) is 6.61 Å². The van der Waals surface area contributed by atoms with E-state index in [-0.39, 0.29) is 12.1 Å². The van der Waals surface area contributed by atoms with Crippen molar-refractivity contribution >= 4 is 5.97 Å². The lowest BCUT2D eigenvalue weighted by atomic mass is 10.1.